The Morgan fingerprint density at radius 1 is 1.06 bits per heavy atom. The second-order valence-electron chi connectivity index (χ2n) is 7.96. The number of ether oxygens (including phenoxy) is 1. The van der Waals surface area contributed by atoms with E-state index in [0.717, 1.165) is 16.8 Å². The van der Waals surface area contributed by atoms with Crippen molar-refractivity contribution in [1.29, 1.82) is 0 Å². The fourth-order valence-corrected chi connectivity index (χ4v) is 3.74. The average molecular weight is 438 g/mol. The van der Waals surface area contributed by atoms with Gasteiger partial charge in [-0.2, -0.15) is 5.10 Å². The van der Waals surface area contributed by atoms with Crippen LogP contribution in [0.2, 0.25) is 0 Å². The minimum atomic E-state index is -0.557. The highest BCUT2D eigenvalue weighted by atomic mass is 16.5. The number of nitrogens with one attached hydrogen (secondary N) is 2. The number of carbonyl (C=O) groups excluding carboxylic acids is 2. The molecule has 33 heavy (non-hydrogen) atoms. The molecule has 0 radical (unpaired) electrons. The fourth-order valence-electron chi connectivity index (χ4n) is 3.74. The second-order valence-corrected chi connectivity index (χ2v) is 7.96. The SMILES string of the molecule is Cc1cccc(-c2nn(-c3ccccc3)cc2C(=O)Nc2ccc3c(c2)NC(=O)[C@@H](C)O3)c1. The third-order valence-corrected chi connectivity index (χ3v) is 5.44. The first-order valence-electron chi connectivity index (χ1n) is 10.6. The Kier molecular flexibility index (Phi) is 5.14. The molecule has 5 rings (SSSR count). The van der Waals surface area contributed by atoms with Gasteiger partial charge in [0.1, 0.15) is 11.4 Å². The van der Waals surface area contributed by atoms with E-state index in [4.69, 9.17) is 9.84 Å². The third-order valence-electron chi connectivity index (χ3n) is 5.44. The predicted molar refractivity (Wildman–Crippen MR) is 127 cm³/mol. The quantitative estimate of drug-likeness (QED) is 0.478. The lowest BCUT2D eigenvalue weighted by Gasteiger charge is -2.23. The molecule has 2 heterocycles. The molecular weight excluding hydrogens is 416 g/mol. The van der Waals surface area contributed by atoms with Gasteiger partial charge in [-0.25, -0.2) is 4.68 Å². The number of anilines is 2. The van der Waals surface area contributed by atoms with E-state index in [0.29, 0.717) is 28.4 Å². The zero-order valence-electron chi connectivity index (χ0n) is 18.2. The summed E-state index contributed by atoms with van der Waals surface area (Å²) in [4.78, 5) is 25.3. The number of amides is 2. The van der Waals surface area contributed by atoms with Crippen LogP contribution in [-0.2, 0) is 4.79 Å². The average Bonchev–Trinajstić information content (AvgIpc) is 3.26. The Labute approximate surface area is 191 Å². The van der Waals surface area contributed by atoms with Gasteiger partial charge in [0.15, 0.2) is 6.10 Å². The maximum Gasteiger partial charge on any atom is 0.265 e. The number of benzene rings is 3. The lowest BCUT2D eigenvalue weighted by molar-refractivity contribution is -0.122. The molecule has 0 saturated heterocycles. The summed E-state index contributed by atoms with van der Waals surface area (Å²) in [6.07, 6.45) is 1.17. The smallest absolute Gasteiger partial charge is 0.265 e. The Bertz CT molecular complexity index is 1360. The van der Waals surface area contributed by atoms with Gasteiger partial charge in [-0.15, -0.1) is 0 Å². The lowest BCUT2D eigenvalue weighted by atomic mass is 10.1. The Hall–Kier alpha value is -4.39. The van der Waals surface area contributed by atoms with Crippen molar-refractivity contribution in [2.45, 2.75) is 20.0 Å². The molecule has 2 amide bonds. The minimum absolute atomic E-state index is 0.225. The van der Waals surface area contributed by atoms with Crippen molar-refractivity contribution in [3.63, 3.8) is 0 Å². The van der Waals surface area contributed by atoms with Crippen LogP contribution in [0.3, 0.4) is 0 Å². The van der Waals surface area contributed by atoms with Gasteiger partial charge in [0.2, 0.25) is 0 Å². The van der Waals surface area contributed by atoms with E-state index in [1.165, 1.54) is 0 Å². The normalized spacial score (nSPS) is 14.7. The van der Waals surface area contributed by atoms with Crippen LogP contribution in [0.25, 0.3) is 16.9 Å². The zero-order chi connectivity index (χ0) is 22.9. The van der Waals surface area contributed by atoms with E-state index in [1.807, 2.05) is 61.5 Å². The van der Waals surface area contributed by atoms with Crippen LogP contribution in [0.5, 0.6) is 5.75 Å². The van der Waals surface area contributed by atoms with Crippen molar-refractivity contribution in [1.82, 2.24) is 9.78 Å². The standard InChI is InChI=1S/C26H22N4O3/c1-16-7-6-8-18(13-16)24-21(15-30(29-24)20-9-4-3-5-10-20)26(32)27-19-11-12-23-22(14-19)28-25(31)17(2)33-23/h3-15,17H,1-2H3,(H,27,32)(H,28,31)/t17-/m1/s1. The van der Waals surface area contributed by atoms with Crippen molar-refractivity contribution in [3.05, 3.63) is 90.1 Å². The van der Waals surface area contributed by atoms with E-state index in [-0.39, 0.29) is 11.8 Å². The maximum atomic E-state index is 13.3. The van der Waals surface area contributed by atoms with Gasteiger partial charge in [0, 0.05) is 17.4 Å². The number of aryl methyl sites for hydroxylation is 1. The number of para-hydroxylation sites is 1. The highest BCUT2D eigenvalue weighted by molar-refractivity contribution is 6.08. The first kappa shape index (κ1) is 20.5. The Morgan fingerprint density at radius 2 is 1.88 bits per heavy atom. The van der Waals surface area contributed by atoms with Crippen molar-refractivity contribution in [2.75, 3.05) is 10.6 Å². The van der Waals surface area contributed by atoms with Crippen molar-refractivity contribution in [2.24, 2.45) is 0 Å². The summed E-state index contributed by atoms with van der Waals surface area (Å²) in [5.41, 5.74) is 4.88. The number of aromatic nitrogens is 2. The molecule has 0 aliphatic carbocycles. The number of nitrogens with zero attached hydrogens (tertiary/aromatic N) is 2. The Morgan fingerprint density at radius 3 is 2.67 bits per heavy atom. The molecule has 7 nitrogen and oxygen atoms in total. The van der Waals surface area contributed by atoms with Gasteiger partial charge in [-0.3, -0.25) is 9.59 Å². The number of fused-ring (bicyclic) bond motifs is 1. The summed E-state index contributed by atoms with van der Waals surface area (Å²) in [6.45, 7) is 3.69. The van der Waals surface area contributed by atoms with Crippen molar-refractivity contribution in [3.8, 4) is 22.7 Å². The van der Waals surface area contributed by atoms with E-state index >= 15 is 0 Å². The molecule has 2 N–H and O–H groups in total. The third kappa shape index (κ3) is 4.08. The van der Waals surface area contributed by atoms with Gasteiger partial charge in [-0.05, 0) is 50.2 Å². The summed E-state index contributed by atoms with van der Waals surface area (Å²) >= 11 is 0. The molecule has 4 aromatic rings. The minimum Gasteiger partial charge on any atom is -0.479 e. The molecule has 3 aromatic carbocycles. The molecule has 0 fully saturated rings. The van der Waals surface area contributed by atoms with Crippen molar-refractivity contribution >= 4 is 23.2 Å². The molecule has 7 heteroatoms. The molecule has 1 aliphatic heterocycles. The molecule has 0 unspecified atom stereocenters. The second kappa shape index (κ2) is 8.27. The van der Waals surface area contributed by atoms with Gasteiger partial charge in [0.25, 0.3) is 11.8 Å². The molecule has 164 valence electrons. The van der Waals surface area contributed by atoms with Crippen LogP contribution < -0.4 is 15.4 Å². The number of rotatable bonds is 4. The van der Waals surface area contributed by atoms with Gasteiger partial charge >= 0.3 is 0 Å². The molecule has 0 spiro atoms. The van der Waals surface area contributed by atoms with Gasteiger partial charge < -0.3 is 15.4 Å². The number of hydrogen-bond donors (Lipinski definition) is 2. The molecule has 1 aliphatic rings. The monoisotopic (exact) mass is 438 g/mol. The highest BCUT2D eigenvalue weighted by Gasteiger charge is 2.24. The van der Waals surface area contributed by atoms with E-state index in [2.05, 4.69) is 10.6 Å². The van der Waals surface area contributed by atoms with Crippen LogP contribution in [0.1, 0.15) is 22.8 Å². The van der Waals surface area contributed by atoms with E-state index < -0.39 is 6.10 Å². The first-order valence-corrected chi connectivity index (χ1v) is 10.6. The highest BCUT2D eigenvalue weighted by Crippen LogP contribution is 2.33. The maximum absolute atomic E-state index is 13.3. The zero-order valence-corrected chi connectivity index (χ0v) is 18.2. The van der Waals surface area contributed by atoms with Gasteiger partial charge in [-0.1, -0.05) is 42.0 Å². The van der Waals surface area contributed by atoms with Crippen LogP contribution in [0, 0.1) is 6.92 Å². The topological polar surface area (TPSA) is 85.3 Å². The molecule has 0 saturated carbocycles. The summed E-state index contributed by atoms with van der Waals surface area (Å²) in [5, 5.41) is 10.4. The molecule has 1 atom stereocenters. The van der Waals surface area contributed by atoms with Crippen LogP contribution in [-0.4, -0.2) is 27.7 Å². The fraction of sp³-hybridized carbons (Fsp3) is 0.115. The van der Waals surface area contributed by atoms with Gasteiger partial charge in [0.05, 0.1) is 16.9 Å². The van der Waals surface area contributed by atoms with Crippen LogP contribution in [0.4, 0.5) is 11.4 Å². The Balaban J connectivity index is 1.50. The summed E-state index contributed by atoms with van der Waals surface area (Å²) in [6, 6.07) is 22.7. The first-order chi connectivity index (χ1) is 16.0. The predicted octanol–water partition coefficient (Wildman–Crippen LogP) is 4.82. The summed E-state index contributed by atoms with van der Waals surface area (Å²) < 4.78 is 7.29. The van der Waals surface area contributed by atoms with E-state index in [9.17, 15) is 9.59 Å². The largest absolute Gasteiger partial charge is 0.479 e. The number of carbonyl (C=O) groups is 2. The van der Waals surface area contributed by atoms with E-state index in [1.54, 1.807) is 36.0 Å². The summed E-state index contributed by atoms with van der Waals surface area (Å²) in [5.74, 6) is 0.0411. The summed E-state index contributed by atoms with van der Waals surface area (Å²) in [7, 11) is 0. The lowest BCUT2D eigenvalue weighted by Crippen LogP contribution is -2.34. The molecule has 1 aromatic heterocycles. The van der Waals surface area contributed by atoms with Crippen LogP contribution >= 0.6 is 0 Å². The molecule has 0 bridgehead atoms. The van der Waals surface area contributed by atoms with Crippen molar-refractivity contribution < 1.29 is 14.3 Å². The number of hydrogen-bond acceptors (Lipinski definition) is 4. The van der Waals surface area contributed by atoms with Crippen LogP contribution in [0.15, 0.2) is 79.0 Å². The molecular formula is C26H22N4O3.